The topological polar surface area (TPSA) is 29.3 Å². The van der Waals surface area contributed by atoms with E-state index >= 15 is 0 Å². The molecule has 6 heteroatoms. The highest BCUT2D eigenvalue weighted by atomic mass is 35.5. The Morgan fingerprint density at radius 2 is 1.89 bits per heavy atom. The van der Waals surface area contributed by atoms with Crippen LogP contribution in [0.3, 0.4) is 0 Å². The Labute approximate surface area is 115 Å². The minimum absolute atomic E-state index is 0.139. The highest BCUT2D eigenvalue weighted by Crippen LogP contribution is 2.35. The van der Waals surface area contributed by atoms with E-state index < -0.39 is 12.1 Å². The van der Waals surface area contributed by atoms with Crippen LogP contribution < -0.4 is 10.6 Å². The molecular weight excluding hydrogens is 277 g/mol. The second-order valence-corrected chi connectivity index (χ2v) is 5.19. The summed E-state index contributed by atoms with van der Waals surface area (Å²) in [5.41, 5.74) is 7.23. The average molecular weight is 293 g/mol. The molecule has 2 N–H and O–H groups in total. The Hall–Kier alpha value is -0.940. The van der Waals surface area contributed by atoms with Crippen LogP contribution in [0.4, 0.5) is 18.9 Å². The minimum atomic E-state index is -4.08. The molecule has 2 rings (SSSR count). The molecule has 1 aliphatic rings. The molecule has 0 aromatic heterocycles. The molecule has 1 aromatic rings. The molecule has 1 heterocycles. The first-order valence-electron chi connectivity index (χ1n) is 6.22. The van der Waals surface area contributed by atoms with E-state index in [1.807, 2.05) is 17.0 Å². The van der Waals surface area contributed by atoms with Crippen molar-refractivity contribution in [2.45, 2.75) is 25.6 Å². The zero-order valence-electron chi connectivity index (χ0n) is 10.4. The Morgan fingerprint density at radius 1 is 1.26 bits per heavy atom. The molecule has 1 fully saturated rings. The van der Waals surface area contributed by atoms with E-state index in [0.717, 1.165) is 11.3 Å². The number of benzene rings is 1. The predicted octanol–water partition coefficient (Wildman–Crippen LogP) is 3.58. The summed E-state index contributed by atoms with van der Waals surface area (Å²) < 4.78 is 37.7. The van der Waals surface area contributed by atoms with Gasteiger partial charge in [0.2, 0.25) is 0 Å². The van der Waals surface area contributed by atoms with E-state index in [-0.39, 0.29) is 12.8 Å². The van der Waals surface area contributed by atoms with Gasteiger partial charge in [-0.1, -0.05) is 17.7 Å². The van der Waals surface area contributed by atoms with Gasteiger partial charge in [0.1, 0.15) is 0 Å². The fraction of sp³-hybridized carbons (Fsp3) is 0.538. The van der Waals surface area contributed by atoms with Gasteiger partial charge in [0.15, 0.2) is 0 Å². The Morgan fingerprint density at radius 3 is 2.37 bits per heavy atom. The van der Waals surface area contributed by atoms with Gasteiger partial charge in [-0.2, -0.15) is 13.2 Å². The molecular formula is C13H16ClF3N2. The van der Waals surface area contributed by atoms with Crippen LogP contribution >= 0.6 is 11.6 Å². The molecule has 0 radical (unpaired) electrons. The zero-order chi connectivity index (χ0) is 14.0. The van der Waals surface area contributed by atoms with E-state index in [9.17, 15) is 13.2 Å². The Balaban J connectivity index is 2.04. The number of hydrogen-bond acceptors (Lipinski definition) is 2. The van der Waals surface area contributed by atoms with Crippen LogP contribution in [0.5, 0.6) is 0 Å². The van der Waals surface area contributed by atoms with Crippen molar-refractivity contribution in [3.8, 4) is 0 Å². The summed E-state index contributed by atoms with van der Waals surface area (Å²) in [6, 6.07) is 5.47. The van der Waals surface area contributed by atoms with Gasteiger partial charge in [-0.15, -0.1) is 0 Å². The number of piperidine rings is 1. The van der Waals surface area contributed by atoms with Crippen LogP contribution in [0.15, 0.2) is 18.2 Å². The number of anilines is 1. The number of halogens is 4. The lowest BCUT2D eigenvalue weighted by atomic mass is 9.96. The van der Waals surface area contributed by atoms with Gasteiger partial charge < -0.3 is 10.6 Å². The van der Waals surface area contributed by atoms with Crippen molar-refractivity contribution in [2.75, 3.05) is 18.0 Å². The normalized spacial score (nSPS) is 17.8. The van der Waals surface area contributed by atoms with Crippen molar-refractivity contribution >= 4 is 17.3 Å². The van der Waals surface area contributed by atoms with Crippen molar-refractivity contribution in [1.29, 1.82) is 0 Å². The number of nitrogens with two attached hydrogens (primary N) is 1. The lowest BCUT2D eigenvalue weighted by molar-refractivity contribution is -0.179. The number of nitrogens with zero attached hydrogens (tertiary/aromatic N) is 1. The van der Waals surface area contributed by atoms with Gasteiger partial charge in [0.25, 0.3) is 0 Å². The molecule has 1 aromatic carbocycles. The second-order valence-electron chi connectivity index (χ2n) is 4.78. The Kier molecular flexibility index (Phi) is 4.26. The molecule has 2 nitrogen and oxygen atoms in total. The standard InChI is InChI=1S/C13H16ClF3N2/c14-12-7-11(2-1-9(12)8-18)19-5-3-10(4-6-19)13(15,16)17/h1-2,7,10H,3-6,8,18H2. The van der Waals surface area contributed by atoms with E-state index in [1.165, 1.54) is 0 Å². The molecule has 0 amide bonds. The van der Waals surface area contributed by atoms with Gasteiger partial charge in [0, 0.05) is 30.3 Å². The fourth-order valence-electron chi connectivity index (χ4n) is 2.36. The minimum Gasteiger partial charge on any atom is -0.371 e. The summed E-state index contributed by atoms with van der Waals surface area (Å²) >= 11 is 6.06. The summed E-state index contributed by atoms with van der Waals surface area (Å²) in [6.07, 6.45) is -3.80. The number of alkyl halides is 3. The van der Waals surface area contributed by atoms with E-state index in [0.29, 0.717) is 24.7 Å². The van der Waals surface area contributed by atoms with Gasteiger partial charge >= 0.3 is 6.18 Å². The van der Waals surface area contributed by atoms with Crippen LogP contribution in [0.2, 0.25) is 5.02 Å². The SMILES string of the molecule is NCc1ccc(N2CCC(C(F)(F)F)CC2)cc1Cl. The molecule has 0 spiro atoms. The van der Waals surface area contributed by atoms with Crippen molar-refractivity contribution in [1.82, 2.24) is 0 Å². The van der Waals surface area contributed by atoms with Gasteiger partial charge in [-0.05, 0) is 30.5 Å². The van der Waals surface area contributed by atoms with Gasteiger partial charge in [-0.25, -0.2) is 0 Å². The third-order valence-electron chi connectivity index (χ3n) is 3.58. The molecule has 0 atom stereocenters. The third kappa shape index (κ3) is 3.34. The summed E-state index contributed by atoms with van der Waals surface area (Å²) in [5, 5.41) is 0.568. The van der Waals surface area contributed by atoms with Crippen molar-refractivity contribution in [3.63, 3.8) is 0 Å². The molecule has 1 saturated heterocycles. The number of rotatable bonds is 2. The highest BCUT2D eigenvalue weighted by Gasteiger charge is 2.41. The smallest absolute Gasteiger partial charge is 0.371 e. The summed E-state index contributed by atoms with van der Waals surface area (Å²) in [6.45, 7) is 1.17. The molecule has 0 bridgehead atoms. The van der Waals surface area contributed by atoms with Crippen molar-refractivity contribution in [3.05, 3.63) is 28.8 Å². The summed E-state index contributed by atoms with van der Waals surface area (Å²) in [5.74, 6) is -1.18. The first-order chi connectivity index (χ1) is 8.91. The maximum absolute atomic E-state index is 12.6. The lowest BCUT2D eigenvalue weighted by Crippen LogP contribution is -2.39. The lowest BCUT2D eigenvalue weighted by Gasteiger charge is -2.34. The van der Waals surface area contributed by atoms with E-state index in [4.69, 9.17) is 17.3 Å². The van der Waals surface area contributed by atoms with Gasteiger partial charge in [-0.3, -0.25) is 0 Å². The van der Waals surface area contributed by atoms with E-state index in [1.54, 1.807) is 6.07 Å². The van der Waals surface area contributed by atoms with E-state index in [2.05, 4.69) is 0 Å². The fourth-order valence-corrected chi connectivity index (χ4v) is 2.62. The molecule has 0 unspecified atom stereocenters. The van der Waals surface area contributed by atoms with Crippen LogP contribution in [-0.4, -0.2) is 19.3 Å². The Bertz CT molecular complexity index is 440. The molecule has 19 heavy (non-hydrogen) atoms. The first kappa shape index (κ1) is 14.5. The largest absolute Gasteiger partial charge is 0.391 e. The number of hydrogen-bond donors (Lipinski definition) is 1. The monoisotopic (exact) mass is 292 g/mol. The quantitative estimate of drug-likeness (QED) is 0.903. The second kappa shape index (κ2) is 5.59. The van der Waals surface area contributed by atoms with Gasteiger partial charge in [0.05, 0.1) is 5.92 Å². The summed E-state index contributed by atoms with van der Waals surface area (Å²) in [7, 11) is 0. The van der Waals surface area contributed by atoms with Crippen LogP contribution in [-0.2, 0) is 6.54 Å². The maximum atomic E-state index is 12.6. The zero-order valence-corrected chi connectivity index (χ0v) is 11.1. The summed E-state index contributed by atoms with van der Waals surface area (Å²) in [4.78, 5) is 1.94. The van der Waals surface area contributed by atoms with Crippen LogP contribution in [0, 0.1) is 5.92 Å². The van der Waals surface area contributed by atoms with Crippen LogP contribution in [0.25, 0.3) is 0 Å². The maximum Gasteiger partial charge on any atom is 0.391 e. The molecule has 1 aliphatic heterocycles. The third-order valence-corrected chi connectivity index (χ3v) is 3.93. The van der Waals surface area contributed by atoms with Crippen molar-refractivity contribution < 1.29 is 13.2 Å². The molecule has 0 saturated carbocycles. The van der Waals surface area contributed by atoms with Crippen molar-refractivity contribution in [2.24, 2.45) is 11.7 Å². The molecule has 0 aliphatic carbocycles. The van der Waals surface area contributed by atoms with Crippen LogP contribution in [0.1, 0.15) is 18.4 Å². The first-order valence-corrected chi connectivity index (χ1v) is 6.59. The highest BCUT2D eigenvalue weighted by molar-refractivity contribution is 6.31. The predicted molar refractivity (Wildman–Crippen MR) is 70.3 cm³/mol. The molecule has 106 valence electrons. The average Bonchev–Trinajstić information content (AvgIpc) is 2.38.